The highest BCUT2D eigenvalue weighted by atomic mass is 16.5. The Morgan fingerprint density at radius 1 is 1.22 bits per heavy atom. The minimum absolute atomic E-state index is 0.0746. The lowest BCUT2D eigenvalue weighted by atomic mass is 10.0. The molecule has 7 nitrogen and oxygen atoms in total. The number of alkyl carbamates (subject to hydrolysis) is 1. The highest BCUT2D eigenvalue weighted by Crippen LogP contribution is 2.09. The first-order chi connectivity index (χ1) is 13.0. The minimum Gasteiger partial charge on any atom is -0.445 e. The molecular formula is C20H29N3O4. The van der Waals surface area contributed by atoms with E-state index in [1.165, 1.54) is 0 Å². The largest absolute Gasteiger partial charge is 0.445 e. The van der Waals surface area contributed by atoms with Crippen LogP contribution in [0.2, 0.25) is 0 Å². The SMILES string of the molecule is CC(C)[C@@H](NC(=O)OCc1ccccc1)C(=O)NCCCN1CCCC1=O. The Morgan fingerprint density at radius 2 is 1.96 bits per heavy atom. The number of nitrogens with zero attached hydrogens (tertiary/aromatic N) is 1. The molecule has 1 fully saturated rings. The normalized spacial score (nSPS) is 14.9. The fourth-order valence-electron chi connectivity index (χ4n) is 2.96. The van der Waals surface area contributed by atoms with Crippen molar-refractivity contribution >= 4 is 17.9 Å². The van der Waals surface area contributed by atoms with Crippen LogP contribution in [-0.4, -0.2) is 48.5 Å². The molecule has 1 aliphatic heterocycles. The maximum absolute atomic E-state index is 12.4. The van der Waals surface area contributed by atoms with E-state index in [1.807, 2.05) is 49.1 Å². The number of hydrogen-bond acceptors (Lipinski definition) is 4. The Morgan fingerprint density at radius 3 is 2.59 bits per heavy atom. The van der Waals surface area contributed by atoms with Crippen molar-refractivity contribution < 1.29 is 19.1 Å². The summed E-state index contributed by atoms with van der Waals surface area (Å²) in [6.07, 6.45) is 1.61. The first kappa shape index (κ1) is 20.7. The lowest BCUT2D eigenvalue weighted by Crippen LogP contribution is -2.50. The summed E-state index contributed by atoms with van der Waals surface area (Å²) in [6.45, 7) is 5.80. The molecule has 0 aliphatic carbocycles. The van der Waals surface area contributed by atoms with E-state index in [4.69, 9.17) is 4.74 Å². The molecule has 1 saturated heterocycles. The van der Waals surface area contributed by atoms with Gasteiger partial charge in [-0.1, -0.05) is 44.2 Å². The first-order valence-corrected chi connectivity index (χ1v) is 9.50. The summed E-state index contributed by atoms with van der Waals surface area (Å²) >= 11 is 0. The summed E-state index contributed by atoms with van der Waals surface area (Å²) < 4.78 is 5.19. The van der Waals surface area contributed by atoms with Crippen LogP contribution in [-0.2, 0) is 20.9 Å². The molecule has 1 atom stereocenters. The molecule has 148 valence electrons. The molecule has 1 aliphatic rings. The highest BCUT2D eigenvalue weighted by molar-refractivity contribution is 5.85. The topological polar surface area (TPSA) is 87.7 Å². The van der Waals surface area contributed by atoms with Gasteiger partial charge in [0, 0.05) is 26.1 Å². The third-order valence-corrected chi connectivity index (χ3v) is 4.51. The van der Waals surface area contributed by atoms with Crippen LogP contribution in [0.4, 0.5) is 4.79 Å². The third-order valence-electron chi connectivity index (χ3n) is 4.51. The average Bonchev–Trinajstić information content (AvgIpc) is 3.07. The van der Waals surface area contributed by atoms with Crippen molar-refractivity contribution in [3.05, 3.63) is 35.9 Å². The number of amides is 3. The fourth-order valence-corrected chi connectivity index (χ4v) is 2.96. The second-order valence-electron chi connectivity index (χ2n) is 7.06. The molecule has 0 radical (unpaired) electrons. The van der Waals surface area contributed by atoms with E-state index in [0.717, 1.165) is 18.5 Å². The molecule has 0 saturated carbocycles. The van der Waals surface area contributed by atoms with Gasteiger partial charge in [0.25, 0.3) is 0 Å². The molecule has 1 aromatic carbocycles. The summed E-state index contributed by atoms with van der Waals surface area (Å²) in [6, 6.07) is 8.70. The second-order valence-corrected chi connectivity index (χ2v) is 7.06. The quantitative estimate of drug-likeness (QED) is 0.647. The van der Waals surface area contributed by atoms with Crippen molar-refractivity contribution in [2.45, 2.75) is 45.8 Å². The van der Waals surface area contributed by atoms with Gasteiger partial charge < -0.3 is 20.3 Å². The molecular weight excluding hydrogens is 346 g/mol. The van der Waals surface area contributed by atoms with Crippen LogP contribution < -0.4 is 10.6 Å². The monoisotopic (exact) mass is 375 g/mol. The minimum atomic E-state index is -0.665. The third kappa shape index (κ3) is 6.92. The van der Waals surface area contributed by atoms with Crippen molar-refractivity contribution in [1.29, 1.82) is 0 Å². The Kier molecular flexibility index (Phi) is 8.10. The predicted octanol–water partition coefficient (Wildman–Crippen LogP) is 2.07. The molecule has 1 aromatic rings. The van der Waals surface area contributed by atoms with E-state index >= 15 is 0 Å². The molecule has 3 amide bonds. The van der Waals surface area contributed by atoms with Crippen LogP contribution in [0, 0.1) is 5.92 Å². The molecule has 0 spiro atoms. The molecule has 1 heterocycles. The van der Waals surface area contributed by atoms with Crippen molar-refractivity contribution in [3.8, 4) is 0 Å². The van der Waals surface area contributed by atoms with Crippen LogP contribution in [0.3, 0.4) is 0 Å². The van der Waals surface area contributed by atoms with Crippen LogP contribution in [0.1, 0.15) is 38.7 Å². The highest BCUT2D eigenvalue weighted by Gasteiger charge is 2.25. The maximum atomic E-state index is 12.4. The zero-order valence-corrected chi connectivity index (χ0v) is 16.1. The standard InChI is InChI=1S/C20H29N3O4/c1-15(2)18(22-20(26)27-14-16-8-4-3-5-9-16)19(25)21-11-7-13-23-12-6-10-17(23)24/h3-5,8-9,15,18H,6-7,10-14H2,1-2H3,(H,21,25)(H,22,26)/t18-/m1/s1. The van der Waals surface area contributed by atoms with Crippen molar-refractivity contribution in [2.75, 3.05) is 19.6 Å². The number of rotatable bonds is 9. The summed E-state index contributed by atoms with van der Waals surface area (Å²) in [5.74, 6) is -0.131. The fraction of sp³-hybridized carbons (Fsp3) is 0.550. The van der Waals surface area contributed by atoms with E-state index in [9.17, 15) is 14.4 Å². The van der Waals surface area contributed by atoms with Crippen molar-refractivity contribution in [1.82, 2.24) is 15.5 Å². The Bertz CT molecular complexity index is 633. The molecule has 7 heteroatoms. The van der Waals surface area contributed by atoms with Gasteiger partial charge in [-0.15, -0.1) is 0 Å². The molecule has 0 bridgehead atoms. The van der Waals surface area contributed by atoms with Crippen LogP contribution >= 0.6 is 0 Å². The van der Waals surface area contributed by atoms with Crippen LogP contribution in [0.5, 0.6) is 0 Å². The van der Waals surface area contributed by atoms with Gasteiger partial charge in [-0.25, -0.2) is 4.79 Å². The molecule has 27 heavy (non-hydrogen) atoms. The van der Waals surface area contributed by atoms with Crippen molar-refractivity contribution in [3.63, 3.8) is 0 Å². The summed E-state index contributed by atoms with van der Waals surface area (Å²) in [7, 11) is 0. The van der Waals surface area contributed by atoms with Gasteiger partial charge in [0.15, 0.2) is 0 Å². The smallest absolute Gasteiger partial charge is 0.408 e. The van der Waals surface area contributed by atoms with Gasteiger partial charge in [-0.2, -0.15) is 0 Å². The van der Waals surface area contributed by atoms with E-state index in [0.29, 0.717) is 25.9 Å². The van der Waals surface area contributed by atoms with Gasteiger partial charge >= 0.3 is 6.09 Å². The van der Waals surface area contributed by atoms with Crippen LogP contribution in [0.15, 0.2) is 30.3 Å². The summed E-state index contributed by atoms with van der Waals surface area (Å²) in [5.41, 5.74) is 0.884. The number of hydrogen-bond donors (Lipinski definition) is 2. The number of likely N-dealkylation sites (tertiary alicyclic amines) is 1. The summed E-state index contributed by atoms with van der Waals surface area (Å²) in [5, 5.41) is 5.47. The zero-order valence-electron chi connectivity index (χ0n) is 16.1. The van der Waals surface area contributed by atoms with Gasteiger partial charge in [0.05, 0.1) is 0 Å². The van der Waals surface area contributed by atoms with E-state index in [2.05, 4.69) is 10.6 Å². The molecule has 2 rings (SSSR count). The van der Waals surface area contributed by atoms with Crippen LogP contribution in [0.25, 0.3) is 0 Å². The average molecular weight is 375 g/mol. The number of nitrogens with one attached hydrogen (secondary N) is 2. The zero-order chi connectivity index (χ0) is 19.6. The van der Waals surface area contributed by atoms with Crippen molar-refractivity contribution in [2.24, 2.45) is 5.92 Å². The van der Waals surface area contributed by atoms with Gasteiger partial charge in [-0.05, 0) is 24.3 Å². The molecule has 0 unspecified atom stereocenters. The van der Waals surface area contributed by atoms with E-state index in [1.54, 1.807) is 0 Å². The Hall–Kier alpha value is -2.57. The Labute approximate surface area is 160 Å². The molecule has 2 N–H and O–H groups in total. The lowest BCUT2D eigenvalue weighted by molar-refractivity contribution is -0.127. The molecule has 0 aromatic heterocycles. The van der Waals surface area contributed by atoms with Gasteiger partial charge in [0.1, 0.15) is 12.6 Å². The van der Waals surface area contributed by atoms with E-state index in [-0.39, 0.29) is 24.3 Å². The predicted molar refractivity (Wildman–Crippen MR) is 102 cm³/mol. The van der Waals surface area contributed by atoms with Gasteiger partial charge in [0.2, 0.25) is 11.8 Å². The summed E-state index contributed by atoms with van der Waals surface area (Å²) in [4.78, 5) is 37.8. The maximum Gasteiger partial charge on any atom is 0.408 e. The number of carbonyl (C=O) groups is 3. The van der Waals surface area contributed by atoms with Gasteiger partial charge in [-0.3, -0.25) is 9.59 Å². The second kappa shape index (κ2) is 10.5. The number of benzene rings is 1. The number of ether oxygens (including phenoxy) is 1. The Balaban J connectivity index is 1.71. The van der Waals surface area contributed by atoms with E-state index < -0.39 is 12.1 Å². The lowest BCUT2D eigenvalue weighted by Gasteiger charge is -2.22. The number of carbonyl (C=O) groups excluding carboxylic acids is 3. The first-order valence-electron chi connectivity index (χ1n) is 9.50.